The van der Waals surface area contributed by atoms with Crippen molar-refractivity contribution in [3.8, 4) is 0 Å². The van der Waals surface area contributed by atoms with Gasteiger partial charge in [0.2, 0.25) is 0 Å². The molecule has 64 valence electrons. The minimum Gasteiger partial charge on any atom is -0.392 e. The van der Waals surface area contributed by atoms with Gasteiger partial charge >= 0.3 is 0 Å². The first kappa shape index (κ1) is 6.84. The van der Waals surface area contributed by atoms with Gasteiger partial charge in [-0.05, 0) is 17.8 Å². The van der Waals surface area contributed by atoms with Gasteiger partial charge in [0, 0.05) is 5.92 Å². The van der Waals surface area contributed by atoms with E-state index in [0.717, 1.165) is 0 Å². The fourth-order valence-corrected chi connectivity index (χ4v) is 3.36. The third kappa shape index (κ3) is 0.496. The van der Waals surface area contributed by atoms with Crippen LogP contribution in [-0.4, -0.2) is 17.0 Å². The van der Waals surface area contributed by atoms with Crippen LogP contribution in [-0.2, 0) is 4.79 Å². The number of aliphatic hydroxyl groups is 1. The molecular formula is C10H12O2. The standard InChI is InChI=1S/C10H12O2/c1-4-7-5-2-3-6(9(7)11)10(12)8(4)5/h2-9,11H,1H3/t4-,5-,6-,7-,8+,9?/m1/s1. The lowest BCUT2D eigenvalue weighted by molar-refractivity contribution is -0.173. The van der Waals surface area contributed by atoms with Crippen LogP contribution in [0.15, 0.2) is 12.2 Å². The molecule has 0 aromatic heterocycles. The van der Waals surface area contributed by atoms with Gasteiger partial charge in [-0.15, -0.1) is 0 Å². The van der Waals surface area contributed by atoms with E-state index in [1.807, 2.05) is 6.08 Å². The highest BCUT2D eigenvalue weighted by atomic mass is 16.3. The Morgan fingerprint density at radius 3 is 2.75 bits per heavy atom. The Balaban J connectivity index is 2.10. The zero-order valence-corrected chi connectivity index (χ0v) is 6.97. The molecule has 0 spiro atoms. The van der Waals surface area contributed by atoms with Crippen LogP contribution >= 0.6 is 0 Å². The molecule has 2 nitrogen and oxygen atoms in total. The minimum atomic E-state index is -0.382. The van der Waals surface area contributed by atoms with Gasteiger partial charge in [0.15, 0.2) is 0 Å². The number of rotatable bonds is 0. The lowest BCUT2D eigenvalue weighted by Gasteiger charge is -2.59. The normalized spacial score (nSPS) is 60.3. The minimum absolute atomic E-state index is 0.166. The molecule has 5 rings (SSSR count). The van der Waals surface area contributed by atoms with Gasteiger partial charge in [-0.3, -0.25) is 4.79 Å². The van der Waals surface area contributed by atoms with Crippen LogP contribution in [0.25, 0.3) is 0 Å². The fourth-order valence-electron chi connectivity index (χ4n) is 3.36. The van der Waals surface area contributed by atoms with Crippen LogP contribution in [0.4, 0.5) is 0 Å². The molecule has 6 atom stereocenters. The van der Waals surface area contributed by atoms with Crippen molar-refractivity contribution in [1.82, 2.24) is 0 Å². The van der Waals surface area contributed by atoms with E-state index in [0.29, 0.717) is 17.8 Å². The monoisotopic (exact) mass is 164 g/mol. The second-order valence-electron chi connectivity index (χ2n) is 4.34. The second kappa shape index (κ2) is 1.82. The van der Waals surface area contributed by atoms with E-state index >= 15 is 0 Å². The summed E-state index contributed by atoms with van der Waals surface area (Å²) in [4.78, 5) is 11.6. The average molecular weight is 164 g/mol. The number of aliphatic hydroxyl groups excluding tert-OH is 1. The molecule has 0 radical (unpaired) electrons. The Morgan fingerprint density at radius 1 is 1.42 bits per heavy atom. The summed E-state index contributed by atoms with van der Waals surface area (Å²) in [7, 11) is 0. The molecule has 1 unspecified atom stereocenters. The van der Waals surface area contributed by atoms with E-state index in [2.05, 4.69) is 13.0 Å². The summed E-state index contributed by atoms with van der Waals surface area (Å²) in [6.45, 7) is 2.09. The Bertz CT molecular complexity index is 282. The van der Waals surface area contributed by atoms with Crippen molar-refractivity contribution in [2.45, 2.75) is 13.0 Å². The van der Waals surface area contributed by atoms with Gasteiger partial charge in [-0.25, -0.2) is 0 Å². The Morgan fingerprint density at radius 2 is 2.17 bits per heavy atom. The van der Waals surface area contributed by atoms with E-state index in [-0.39, 0.29) is 23.7 Å². The first-order chi connectivity index (χ1) is 5.72. The SMILES string of the molecule is C[C@H]1[C@@H]2C(=O)[C@@H]3C=C[C@@H]2[C@@H]1C3O. The maximum atomic E-state index is 11.6. The van der Waals surface area contributed by atoms with Crippen molar-refractivity contribution in [1.29, 1.82) is 0 Å². The van der Waals surface area contributed by atoms with Gasteiger partial charge in [0.25, 0.3) is 0 Å². The largest absolute Gasteiger partial charge is 0.392 e. The van der Waals surface area contributed by atoms with Gasteiger partial charge in [-0.2, -0.15) is 0 Å². The number of hydrogen-bond acceptors (Lipinski definition) is 2. The zero-order chi connectivity index (χ0) is 8.46. The molecule has 0 aliphatic heterocycles. The van der Waals surface area contributed by atoms with Crippen LogP contribution in [0.5, 0.6) is 0 Å². The number of allylic oxidation sites excluding steroid dienone is 1. The summed E-state index contributed by atoms with van der Waals surface area (Å²) < 4.78 is 0. The predicted octanol–water partition coefficient (Wildman–Crippen LogP) is 0.614. The topological polar surface area (TPSA) is 37.3 Å². The quantitative estimate of drug-likeness (QED) is 0.533. The molecule has 5 aliphatic rings. The van der Waals surface area contributed by atoms with E-state index < -0.39 is 0 Å². The molecule has 0 heterocycles. The van der Waals surface area contributed by atoms with Crippen molar-refractivity contribution in [2.24, 2.45) is 29.6 Å². The molecule has 0 aromatic rings. The van der Waals surface area contributed by atoms with Crippen molar-refractivity contribution < 1.29 is 9.90 Å². The average Bonchev–Trinajstić information content (AvgIpc) is 2.01. The highest BCUT2D eigenvalue weighted by molar-refractivity contribution is 5.90. The highest BCUT2D eigenvalue weighted by Crippen LogP contribution is 2.58. The summed E-state index contributed by atoms with van der Waals surface area (Å²) in [5.74, 6) is 1.52. The van der Waals surface area contributed by atoms with E-state index in [4.69, 9.17) is 0 Å². The summed E-state index contributed by atoms with van der Waals surface area (Å²) >= 11 is 0. The summed E-state index contributed by atoms with van der Waals surface area (Å²) in [5, 5.41) is 9.77. The molecule has 0 aromatic carbocycles. The van der Waals surface area contributed by atoms with Crippen molar-refractivity contribution in [2.75, 3.05) is 0 Å². The maximum absolute atomic E-state index is 11.6. The van der Waals surface area contributed by atoms with E-state index in [1.165, 1.54) is 0 Å². The number of Topliss-reactive ketones (excluding diaryl/α,β-unsaturated/α-hetero) is 1. The number of carbonyl (C=O) groups excluding carboxylic acids is 1. The zero-order valence-electron chi connectivity index (χ0n) is 6.97. The third-order valence-corrected chi connectivity index (χ3v) is 3.99. The third-order valence-electron chi connectivity index (χ3n) is 3.99. The summed E-state index contributed by atoms with van der Waals surface area (Å²) in [6.07, 6.45) is 3.65. The molecule has 0 saturated heterocycles. The van der Waals surface area contributed by atoms with Gasteiger partial charge in [-0.1, -0.05) is 19.1 Å². The number of ketones is 1. The van der Waals surface area contributed by atoms with Crippen molar-refractivity contribution in [3.63, 3.8) is 0 Å². The molecule has 5 aliphatic carbocycles. The van der Waals surface area contributed by atoms with Crippen molar-refractivity contribution in [3.05, 3.63) is 12.2 Å². The smallest absolute Gasteiger partial charge is 0.146 e. The van der Waals surface area contributed by atoms with E-state index in [9.17, 15) is 9.90 Å². The molecular weight excluding hydrogens is 152 g/mol. The van der Waals surface area contributed by atoms with Crippen LogP contribution in [0, 0.1) is 29.6 Å². The summed E-state index contributed by atoms with van der Waals surface area (Å²) in [6, 6.07) is 0. The predicted molar refractivity (Wildman–Crippen MR) is 43.3 cm³/mol. The Kier molecular flexibility index (Phi) is 1.04. The van der Waals surface area contributed by atoms with Gasteiger partial charge < -0.3 is 5.11 Å². The lowest BCUT2D eigenvalue weighted by Crippen LogP contribution is -2.65. The number of hydrogen-bond donors (Lipinski definition) is 1. The lowest BCUT2D eigenvalue weighted by atomic mass is 9.44. The molecule has 3 saturated carbocycles. The van der Waals surface area contributed by atoms with Gasteiger partial charge in [0.05, 0.1) is 12.0 Å². The van der Waals surface area contributed by atoms with Crippen LogP contribution in [0.3, 0.4) is 0 Å². The Labute approximate surface area is 71.3 Å². The molecule has 4 bridgehead atoms. The van der Waals surface area contributed by atoms with Crippen LogP contribution in [0.1, 0.15) is 6.92 Å². The van der Waals surface area contributed by atoms with Crippen LogP contribution < -0.4 is 0 Å². The number of carbonyl (C=O) groups is 1. The van der Waals surface area contributed by atoms with Gasteiger partial charge in [0.1, 0.15) is 5.78 Å². The maximum Gasteiger partial charge on any atom is 0.146 e. The first-order valence-electron chi connectivity index (χ1n) is 4.62. The molecule has 2 heteroatoms. The second-order valence-corrected chi connectivity index (χ2v) is 4.34. The molecule has 1 N–H and O–H groups in total. The van der Waals surface area contributed by atoms with Crippen molar-refractivity contribution >= 4 is 5.78 Å². The van der Waals surface area contributed by atoms with Crippen LogP contribution in [0.2, 0.25) is 0 Å². The molecule has 12 heavy (non-hydrogen) atoms. The van der Waals surface area contributed by atoms with E-state index in [1.54, 1.807) is 0 Å². The highest BCUT2D eigenvalue weighted by Gasteiger charge is 2.62. The fraction of sp³-hybridized carbons (Fsp3) is 0.700. The summed E-state index contributed by atoms with van der Waals surface area (Å²) in [5.41, 5.74) is 0. The Hall–Kier alpha value is -0.630. The first-order valence-corrected chi connectivity index (χ1v) is 4.62. The molecule has 0 amide bonds. The molecule has 3 fully saturated rings.